The van der Waals surface area contributed by atoms with Gasteiger partial charge in [0, 0.05) is 0 Å². The van der Waals surface area contributed by atoms with Crippen LogP contribution in [0.4, 0.5) is 0 Å². The van der Waals surface area contributed by atoms with E-state index in [9.17, 15) is 5.11 Å². The minimum atomic E-state index is -0.442. The molecule has 20 heavy (non-hydrogen) atoms. The van der Waals surface area contributed by atoms with E-state index in [1.54, 1.807) is 6.92 Å². The molecule has 1 aromatic rings. The summed E-state index contributed by atoms with van der Waals surface area (Å²) in [5, 5.41) is 9.43. The van der Waals surface area contributed by atoms with E-state index in [1.165, 1.54) is 0 Å². The van der Waals surface area contributed by atoms with Gasteiger partial charge in [-0.1, -0.05) is 12.1 Å². The molecule has 2 rings (SSSR count). The number of aliphatic hydroxyl groups is 1. The number of aliphatic hydroxyl groups excluding tert-OH is 1. The molecule has 0 bridgehead atoms. The summed E-state index contributed by atoms with van der Waals surface area (Å²) in [6, 6.07) is 7.55. The molecule has 1 fully saturated rings. The van der Waals surface area contributed by atoms with Gasteiger partial charge in [0.05, 0.1) is 25.4 Å². The van der Waals surface area contributed by atoms with E-state index < -0.39 is 11.9 Å². The summed E-state index contributed by atoms with van der Waals surface area (Å²) in [4.78, 5) is 0. The zero-order valence-corrected chi connectivity index (χ0v) is 12.5. The molecule has 0 spiro atoms. The third-order valence-electron chi connectivity index (χ3n) is 3.37. The molecule has 2 atom stereocenters. The highest BCUT2D eigenvalue weighted by molar-refractivity contribution is 5.28. The van der Waals surface area contributed by atoms with E-state index in [-0.39, 0.29) is 6.10 Å². The Hall–Kier alpha value is -1.10. The molecule has 1 aliphatic heterocycles. The van der Waals surface area contributed by atoms with E-state index in [2.05, 4.69) is 0 Å². The maximum absolute atomic E-state index is 9.43. The second-order valence-electron chi connectivity index (χ2n) is 5.69. The average molecular weight is 280 g/mol. The first kappa shape index (κ1) is 15.3. The first-order valence-electron chi connectivity index (χ1n) is 7.19. The predicted molar refractivity (Wildman–Crippen MR) is 76.7 cm³/mol. The van der Waals surface area contributed by atoms with Crippen LogP contribution in [0.2, 0.25) is 0 Å². The summed E-state index contributed by atoms with van der Waals surface area (Å²) in [5.41, 5.74) is 0.899. The lowest BCUT2D eigenvalue weighted by Gasteiger charge is -2.17. The Morgan fingerprint density at radius 2 is 2.05 bits per heavy atom. The normalized spacial score (nSPS) is 22.7. The Morgan fingerprint density at radius 1 is 1.35 bits per heavy atom. The summed E-state index contributed by atoms with van der Waals surface area (Å²) in [6.07, 6.45) is 1.61. The minimum Gasteiger partial charge on any atom is -0.494 e. The Bertz CT molecular complexity index is 411. The van der Waals surface area contributed by atoms with Gasteiger partial charge in [-0.3, -0.25) is 0 Å². The Kier molecular flexibility index (Phi) is 5.02. The minimum absolute atomic E-state index is 0.172. The second-order valence-corrected chi connectivity index (χ2v) is 5.69. The van der Waals surface area contributed by atoms with Crippen LogP contribution >= 0.6 is 0 Å². The number of rotatable bonds is 6. The smallest absolute Gasteiger partial charge is 0.163 e. The molecular formula is C16H24O4. The van der Waals surface area contributed by atoms with Crippen molar-refractivity contribution in [1.82, 2.24) is 0 Å². The van der Waals surface area contributed by atoms with Crippen LogP contribution in [-0.4, -0.2) is 30.2 Å². The molecule has 1 N–H and O–H groups in total. The lowest BCUT2D eigenvalue weighted by Crippen LogP contribution is -2.21. The fraction of sp³-hybridized carbons (Fsp3) is 0.625. The molecule has 0 amide bonds. The Labute approximate surface area is 120 Å². The zero-order valence-electron chi connectivity index (χ0n) is 12.5. The van der Waals surface area contributed by atoms with E-state index in [0.29, 0.717) is 13.2 Å². The van der Waals surface area contributed by atoms with Crippen LogP contribution in [0.1, 0.15) is 45.3 Å². The van der Waals surface area contributed by atoms with E-state index in [4.69, 9.17) is 14.2 Å². The molecule has 4 heteroatoms. The SMILES string of the molecule is CC(O)c1ccc(OCCCC2COC(C)(C)O2)cc1. The lowest BCUT2D eigenvalue weighted by atomic mass is 10.1. The maximum atomic E-state index is 9.43. The van der Waals surface area contributed by atoms with Crippen LogP contribution in [0, 0.1) is 0 Å². The van der Waals surface area contributed by atoms with Crippen molar-refractivity contribution in [2.45, 2.75) is 51.6 Å². The molecule has 1 aliphatic rings. The highest BCUT2D eigenvalue weighted by atomic mass is 16.7. The van der Waals surface area contributed by atoms with Crippen molar-refractivity contribution in [1.29, 1.82) is 0 Å². The van der Waals surface area contributed by atoms with Gasteiger partial charge in [0.2, 0.25) is 0 Å². The first-order valence-corrected chi connectivity index (χ1v) is 7.19. The predicted octanol–water partition coefficient (Wildman–Crippen LogP) is 3.05. The van der Waals surface area contributed by atoms with Crippen molar-refractivity contribution >= 4 is 0 Å². The number of hydrogen-bond acceptors (Lipinski definition) is 4. The number of benzene rings is 1. The fourth-order valence-electron chi connectivity index (χ4n) is 2.25. The zero-order chi connectivity index (χ0) is 14.6. The summed E-state index contributed by atoms with van der Waals surface area (Å²) >= 11 is 0. The van der Waals surface area contributed by atoms with Crippen LogP contribution in [0.3, 0.4) is 0 Å². The molecule has 0 aromatic heterocycles. The molecule has 112 valence electrons. The third kappa shape index (κ3) is 4.47. The molecule has 1 aromatic carbocycles. The lowest BCUT2D eigenvalue weighted by molar-refractivity contribution is -0.139. The quantitative estimate of drug-likeness (QED) is 0.814. The fourth-order valence-corrected chi connectivity index (χ4v) is 2.25. The van der Waals surface area contributed by atoms with Gasteiger partial charge < -0.3 is 19.3 Å². The number of hydrogen-bond donors (Lipinski definition) is 1. The van der Waals surface area contributed by atoms with Crippen LogP contribution in [-0.2, 0) is 9.47 Å². The van der Waals surface area contributed by atoms with Gasteiger partial charge in [-0.25, -0.2) is 0 Å². The molecule has 1 heterocycles. The maximum Gasteiger partial charge on any atom is 0.163 e. The number of ether oxygens (including phenoxy) is 3. The van der Waals surface area contributed by atoms with Gasteiger partial charge in [0.15, 0.2) is 5.79 Å². The van der Waals surface area contributed by atoms with Crippen molar-refractivity contribution in [3.8, 4) is 5.75 Å². The van der Waals surface area contributed by atoms with E-state index in [0.717, 1.165) is 24.2 Å². The molecule has 2 unspecified atom stereocenters. The van der Waals surface area contributed by atoms with Crippen LogP contribution in [0.15, 0.2) is 24.3 Å². The van der Waals surface area contributed by atoms with Gasteiger partial charge in [0.1, 0.15) is 5.75 Å². The molecule has 0 saturated carbocycles. The van der Waals surface area contributed by atoms with Crippen molar-refractivity contribution in [2.24, 2.45) is 0 Å². The second kappa shape index (κ2) is 6.57. The molecular weight excluding hydrogens is 256 g/mol. The van der Waals surface area contributed by atoms with Gasteiger partial charge in [0.25, 0.3) is 0 Å². The summed E-state index contributed by atoms with van der Waals surface area (Å²) < 4.78 is 16.9. The molecule has 1 saturated heterocycles. The van der Waals surface area contributed by atoms with Crippen LogP contribution in [0.25, 0.3) is 0 Å². The standard InChI is InChI=1S/C16H24O4/c1-12(17)13-6-8-14(9-7-13)18-10-4-5-15-11-19-16(2,3)20-15/h6-9,12,15,17H,4-5,10-11H2,1-3H3. The van der Waals surface area contributed by atoms with Crippen molar-refractivity contribution in [2.75, 3.05) is 13.2 Å². The summed E-state index contributed by atoms with van der Waals surface area (Å²) in [7, 11) is 0. The Balaban J connectivity index is 1.66. The molecule has 0 aliphatic carbocycles. The third-order valence-corrected chi connectivity index (χ3v) is 3.37. The Morgan fingerprint density at radius 3 is 2.60 bits per heavy atom. The topological polar surface area (TPSA) is 47.9 Å². The molecule has 4 nitrogen and oxygen atoms in total. The van der Waals surface area contributed by atoms with Gasteiger partial charge in [-0.2, -0.15) is 0 Å². The van der Waals surface area contributed by atoms with Crippen molar-refractivity contribution in [3.05, 3.63) is 29.8 Å². The summed E-state index contributed by atoms with van der Waals surface area (Å²) in [6.45, 7) is 6.95. The average Bonchev–Trinajstić information content (AvgIpc) is 2.75. The van der Waals surface area contributed by atoms with Crippen LogP contribution in [0.5, 0.6) is 5.75 Å². The van der Waals surface area contributed by atoms with E-state index in [1.807, 2.05) is 38.1 Å². The highest BCUT2D eigenvalue weighted by Gasteiger charge is 2.31. The van der Waals surface area contributed by atoms with Crippen LogP contribution < -0.4 is 4.74 Å². The first-order chi connectivity index (χ1) is 9.46. The van der Waals surface area contributed by atoms with E-state index >= 15 is 0 Å². The largest absolute Gasteiger partial charge is 0.494 e. The van der Waals surface area contributed by atoms with Gasteiger partial charge in [-0.05, 0) is 51.3 Å². The molecule has 0 radical (unpaired) electrons. The summed E-state index contributed by atoms with van der Waals surface area (Å²) in [5.74, 6) is 0.390. The monoisotopic (exact) mass is 280 g/mol. The van der Waals surface area contributed by atoms with Crippen molar-refractivity contribution in [3.63, 3.8) is 0 Å². The van der Waals surface area contributed by atoms with Gasteiger partial charge in [-0.15, -0.1) is 0 Å². The van der Waals surface area contributed by atoms with Gasteiger partial charge >= 0.3 is 0 Å². The highest BCUT2D eigenvalue weighted by Crippen LogP contribution is 2.25. The van der Waals surface area contributed by atoms with Crippen molar-refractivity contribution < 1.29 is 19.3 Å².